The van der Waals surface area contributed by atoms with Gasteiger partial charge in [0.1, 0.15) is 5.75 Å². The molecule has 0 heterocycles. The van der Waals surface area contributed by atoms with Gasteiger partial charge in [-0.2, -0.15) is 0 Å². The summed E-state index contributed by atoms with van der Waals surface area (Å²) in [5.74, 6) is -0.281. The molecule has 132 valence electrons. The van der Waals surface area contributed by atoms with E-state index in [9.17, 15) is 13.2 Å². The molecule has 0 fully saturated rings. The summed E-state index contributed by atoms with van der Waals surface area (Å²) in [5, 5.41) is 2.80. The van der Waals surface area contributed by atoms with Crippen molar-refractivity contribution in [1.82, 2.24) is 0 Å². The van der Waals surface area contributed by atoms with Crippen LogP contribution in [-0.2, 0) is 19.4 Å². The van der Waals surface area contributed by atoms with Crippen molar-refractivity contribution >= 4 is 21.5 Å². The first-order chi connectivity index (χ1) is 11.9. The molecule has 2 aromatic carbocycles. The number of anilines is 1. The summed E-state index contributed by atoms with van der Waals surface area (Å²) in [4.78, 5) is 11.5. The van der Waals surface area contributed by atoms with Crippen LogP contribution in [0.25, 0.3) is 0 Å². The van der Waals surface area contributed by atoms with Gasteiger partial charge in [0.05, 0.1) is 19.1 Å². The van der Waals surface area contributed by atoms with Crippen LogP contribution >= 0.6 is 0 Å². The number of nitrogens with one attached hydrogen (secondary N) is 1. The molecule has 0 radical (unpaired) electrons. The zero-order valence-corrected chi connectivity index (χ0v) is 15.0. The summed E-state index contributed by atoms with van der Waals surface area (Å²) in [6.45, 7) is 1.85. The fraction of sp³-hybridized carbons (Fsp3) is 0.167. The molecule has 7 heteroatoms. The van der Waals surface area contributed by atoms with Crippen molar-refractivity contribution in [2.75, 3.05) is 19.5 Å². The monoisotopic (exact) mass is 361 g/mol. The highest BCUT2D eigenvalue weighted by Crippen LogP contribution is 2.22. The number of hydrogen-bond donors (Lipinski definition) is 1. The van der Waals surface area contributed by atoms with E-state index in [0.29, 0.717) is 11.4 Å². The van der Waals surface area contributed by atoms with Gasteiger partial charge < -0.3 is 14.8 Å². The second kappa shape index (κ2) is 7.85. The second-order valence-electron chi connectivity index (χ2n) is 5.19. The molecule has 0 saturated carbocycles. The van der Waals surface area contributed by atoms with Gasteiger partial charge in [-0.15, -0.1) is 0 Å². The van der Waals surface area contributed by atoms with Crippen molar-refractivity contribution < 1.29 is 22.7 Å². The number of carbonyl (C=O) groups excluding carboxylic acids is 1. The van der Waals surface area contributed by atoms with Crippen LogP contribution in [0.5, 0.6) is 5.75 Å². The molecule has 2 aromatic rings. The molecule has 0 saturated heterocycles. The van der Waals surface area contributed by atoms with E-state index in [-0.39, 0.29) is 4.90 Å². The van der Waals surface area contributed by atoms with E-state index in [1.165, 1.54) is 12.1 Å². The molecule has 0 aliphatic carbocycles. The minimum absolute atomic E-state index is 0.0197. The van der Waals surface area contributed by atoms with E-state index in [1.54, 1.807) is 43.5 Å². The molecule has 0 atom stereocenters. The number of benzene rings is 2. The van der Waals surface area contributed by atoms with Crippen molar-refractivity contribution in [1.29, 1.82) is 0 Å². The lowest BCUT2D eigenvalue weighted by molar-refractivity contribution is -0.135. The van der Waals surface area contributed by atoms with Gasteiger partial charge in [-0.3, -0.25) is 0 Å². The summed E-state index contributed by atoms with van der Waals surface area (Å²) < 4.78 is 35.2. The zero-order valence-electron chi connectivity index (χ0n) is 14.1. The minimum atomic E-state index is -4.01. The van der Waals surface area contributed by atoms with Crippen LogP contribution in [0.2, 0.25) is 0 Å². The predicted molar refractivity (Wildman–Crippen MR) is 95.1 cm³/mol. The summed E-state index contributed by atoms with van der Waals surface area (Å²) in [6, 6.07) is 13.1. The lowest BCUT2D eigenvalue weighted by Crippen LogP contribution is -2.17. The van der Waals surface area contributed by atoms with Gasteiger partial charge in [0.2, 0.25) is 9.84 Å². The summed E-state index contributed by atoms with van der Waals surface area (Å²) in [5.41, 5.74) is 1.51. The fourth-order valence-electron chi connectivity index (χ4n) is 2.03. The average Bonchev–Trinajstić information content (AvgIpc) is 2.62. The van der Waals surface area contributed by atoms with Crippen molar-refractivity contribution in [2.24, 2.45) is 0 Å². The number of ether oxygens (including phenoxy) is 2. The Labute approximate surface area is 147 Å². The molecule has 0 unspecified atom stereocenters. The number of sulfone groups is 1. The predicted octanol–water partition coefficient (Wildman–Crippen LogP) is 2.90. The van der Waals surface area contributed by atoms with Crippen molar-refractivity contribution in [2.45, 2.75) is 11.8 Å². The van der Waals surface area contributed by atoms with Gasteiger partial charge in [0, 0.05) is 11.9 Å². The van der Waals surface area contributed by atoms with Crippen molar-refractivity contribution in [3.8, 4) is 5.75 Å². The summed E-state index contributed by atoms with van der Waals surface area (Å²) >= 11 is 0. The first-order valence-electron chi connectivity index (χ1n) is 7.39. The van der Waals surface area contributed by atoms with E-state index in [2.05, 4.69) is 10.1 Å². The van der Waals surface area contributed by atoms with Crippen LogP contribution in [0, 0.1) is 6.92 Å². The molecule has 0 amide bonds. The van der Waals surface area contributed by atoms with Crippen LogP contribution < -0.4 is 10.1 Å². The highest BCUT2D eigenvalue weighted by molar-refractivity contribution is 7.96. The van der Waals surface area contributed by atoms with Gasteiger partial charge >= 0.3 is 5.97 Å². The molecular formula is C18H19NO5S. The van der Waals surface area contributed by atoms with E-state index in [4.69, 9.17) is 4.74 Å². The van der Waals surface area contributed by atoms with Gasteiger partial charge in [-0.1, -0.05) is 17.7 Å². The van der Waals surface area contributed by atoms with Crippen LogP contribution in [-0.4, -0.2) is 28.6 Å². The third-order valence-corrected chi connectivity index (χ3v) is 5.22. The molecule has 25 heavy (non-hydrogen) atoms. The van der Waals surface area contributed by atoms with E-state index in [1.807, 2.05) is 6.92 Å². The molecule has 2 rings (SSSR count). The van der Waals surface area contributed by atoms with E-state index in [0.717, 1.165) is 18.9 Å². The standard InChI is InChI=1S/C18H19NO5S/c1-13-4-10-16(11-5-13)25(21,22)17(18(20)24-3)12-19-14-6-8-15(23-2)9-7-14/h4-12,19H,1-3H3/b17-12+. The first-order valence-corrected chi connectivity index (χ1v) is 8.87. The Balaban J connectivity index is 2.37. The fourth-order valence-corrected chi connectivity index (χ4v) is 3.29. The molecule has 0 spiro atoms. The van der Waals surface area contributed by atoms with E-state index >= 15 is 0 Å². The van der Waals surface area contributed by atoms with Gasteiger partial charge in [0.25, 0.3) is 0 Å². The Bertz CT molecular complexity index is 869. The Morgan fingerprint density at radius 1 is 1.00 bits per heavy atom. The largest absolute Gasteiger partial charge is 0.497 e. The lowest BCUT2D eigenvalue weighted by atomic mass is 10.2. The van der Waals surface area contributed by atoms with E-state index < -0.39 is 20.7 Å². The molecule has 6 nitrogen and oxygen atoms in total. The maximum Gasteiger partial charge on any atom is 0.351 e. The van der Waals surface area contributed by atoms with Gasteiger partial charge in [0.15, 0.2) is 4.91 Å². The maximum atomic E-state index is 12.7. The Morgan fingerprint density at radius 3 is 2.12 bits per heavy atom. The summed E-state index contributed by atoms with van der Waals surface area (Å²) in [7, 11) is -1.33. The van der Waals surface area contributed by atoms with Gasteiger partial charge in [-0.25, -0.2) is 13.2 Å². The molecule has 0 aromatic heterocycles. The topological polar surface area (TPSA) is 81.7 Å². The third-order valence-electron chi connectivity index (χ3n) is 3.47. The number of hydrogen-bond acceptors (Lipinski definition) is 6. The molecule has 0 bridgehead atoms. The number of carbonyl (C=O) groups is 1. The van der Waals surface area contributed by atoms with Crippen molar-refractivity contribution in [3.63, 3.8) is 0 Å². The minimum Gasteiger partial charge on any atom is -0.497 e. The quantitative estimate of drug-likeness (QED) is 0.629. The van der Waals surface area contributed by atoms with Crippen LogP contribution in [0.4, 0.5) is 5.69 Å². The van der Waals surface area contributed by atoms with Crippen LogP contribution in [0.3, 0.4) is 0 Å². The molecular weight excluding hydrogens is 342 g/mol. The Hall–Kier alpha value is -2.80. The highest BCUT2D eigenvalue weighted by Gasteiger charge is 2.28. The van der Waals surface area contributed by atoms with Crippen LogP contribution in [0.15, 0.2) is 64.5 Å². The summed E-state index contributed by atoms with van der Waals surface area (Å²) in [6.07, 6.45) is 1.13. The first kappa shape index (κ1) is 18.5. The Kier molecular flexibility index (Phi) is 5.82. The molecule has 0 aliphatic heterocycles. The molecule has 1 N–H and O–H groups in total. The second-order valence-corrected chi connectivity index (χ2v) is 7.11. The van der Waals surface area contributed by atoms with Crippen molar-refractivity contribution in [3.05, 3.63) is 65.2 Å². The Morgan fingerprint density at radius 2 is 1.60 bits per heavy atom. The smallest absolute Gasteiger partial charge is 0.351 e. The SMILES string of the molecule is COC(=O)/C(=C\Nc1ccc(OC)cc1)S(=O)(=O)c1ccc(C)cc1. The normalized spacial score (nSPS) is 11.7. The molecule has 0 aliphatic rings. The van der Waals surface area contributed by atoms with Crippen LogP contribution in [0.1, 0.15) is 5.56 Å². The average molecular weight is 361 g/mol. The number of methoxy groups -OCH3 is 2. The zero-order chi connectivity index (χ0) is 18.4. The highest BCUT2D eigenvalue weighted by atomic mass is 32.2. The number of rotatable bonds is 6. The number of esters is 1. The number of aryl methyl sites for hydroxylation is 1. The third kappa shape index (κ3) is 4.39. The van der Waals surface area contributed by atoms with Gasteiger partial charge in [-0.05, 0) is 43.3 Å². The lowest BCUT2D eigenvalue weighted by Gasteiger charge is -2.09. The maximum absolute atomic E-state index is 12.7.